The van der Waals surface area contributed by atoms with Crippen molar-refractivity contribution in [2.45, 2.75) is 31.4 Å². The lowest BCUT2D eigenvalue weighted by atomic mass is 9.37. The zero-order chi connectivity index (χ0) is 7.80. The van der Waals surface area contributed by atoms with Gasteiger partial charge in [-0.3, -0.25) is 0 Å². The summed E-state index contributed by atoms with van der Waals surface area (Å²) in [6, 6.07) is 0. The van der Waals surface area contributed by atoms with Crippen molar-refractivity contribution in [3.63, 3.8) is 0 Å². The summed E-state index contributed by atoms with van der Waals surface area (Å²) >= 11 is 4.79. The Hall–Kier alpha value is 0.350. The van der Waals surface area contributed by atoms with Crippen molar-refractivity contribution in [3.8, 4) is 0 Å². The summed E-state index contributed by atoms with van der Waals surface area (Å²) in [4.78, 5) is 0. The lowest BCUT2D eigenvalue weighted by molar-refractivity contribution is -0.175. The van der Waals surface area contributed by atoms with E-state index in [0.29, 0.717) is 4.75 Å². The van der Waals surface area contributed by atoms with E-state index in [0.717, 1.165) is 29.6 Å². The molecular formula is C10H16S. The second-order valence-electron chi connectivity index (χ2n) is 5.10. The van der Waals surface area contributed by atoms with Gasteiger partial charge in [0.15, 0.2) is 0 Å². The average Bonchev–Trinajstić information content (AvgIpc) is 2.02. The van der Waals surface area contributed by atoms with E-state index >= 15 is 0 Å². The Morgan fingerprint density at radius 2 is 1.73 bits per heavy atom. The maximum atomic E-state index is 4.79. The van der Waals surface area contributed by atoms with E-state index in [4.69, 9.17) is 12.6 Å². The van der Waals surface area contributed by atoms with Crippen molar-refractivity contribution < 1.29 is 0 Å². The van der Waals surface area contributed by atoms with Crippen molar-refractivity contribution in [2.75, 3.05) is 0 Å². The van der Waals surface area contributed by atoms with Crippen LogP contribution >= 0.6 is 12.6 Å². The van der Waals surface area contributed by atoms with E-state index in [1.165, 1.54) is 12.8 Å². The van der Waals surface area contributed by atoms with Crippen LogP contribution in [-0.4, -0.2) is 4.75 Å². The second kappa shape index (κ2) is 1.66. The zero-order valence-corrected chi connectivity index (χ0v) is 8.14. The van der Waals surface area contributed by atoms with Crippen molar-refractivity contribution in [3.05, 3.63) is 0 Å². The molecule has 0 amide bonds. The van der Waals surface area contributed by atoms with E-state index in [1.54, 1.807) is 0 Å². The molecule has 6 fully saturated rings. The fraction of sp³-hybridized carbons (Fsp3) is 1.00. The summed E-state index contributed by atoms with van der Waals surface area (Å²) in [5.74, 6) is 5.07. The normalized spacial score (nSPS) is 71.7. The van der Waals surface area contributed by atoms with Crippen molar-refractivity contribution in [2.24, 2.45) is 29.6 Å². The summed E-state index contributed by atoms with van der Waals surface area (Å²) < 4.78 is 0.431. The third-order valence-corrected chi connectivity index (χ3v) is 5.60. The molecule has 1 heteroatoms. The van der Waals surface area contributed by atoms with Gasteiger partial charge in [-0.1, -0.05) is 13.8 Å². The van der Waals surface area contributed by atoms with E-state index in [9.17, 15) is 0 Å². The molecule has 0 aromatic carbocycles. The molecule has 62 valence electrons. The van der Waals surface area contributed by atoms with Crippen LogP contribution in [0.4, 0.5) is 0 Å². The van der Waals surface area contributed by atoms with Gasteiger partial charge in [-0.2, -0.15) is 12.6 Å². The molecule has 5 unspecified atom stereocenters. The highest BCUT2D eigenvalue weighted by Gasteiger charge is 2.67. The SMILES string of the molecule is CC1C2C[C@@H]1C1CC2C1(C)S. The smallest absolute Gasteiger partial charge is 0.0163 e. The summed E-state index contributed by atoms with van der Waals surface area (Å²) in [5, 5.41) is 0. The van der Waals surface area contributed by atoms with Crippen LogP contribution in [0.5, 0.6) is 0 Å². The minimum Gasteiger partial charge on any atom is -0.172 e. The molecule has 0 heterocycles. The van der Waals surface area contributed by atoms with E-state index in [-0.39, 0.29) is 0 Å². The first-order valence-corrected chi connectivity index (χ1v) is 5.29. The monoisotopic (exact) mass is 168 g/mol. The highest BCUT2D eigenvalue weighted by molar-refractivity contribution is 7.81. The van der Waals surface area contributed by atoms with Crippen molar-refractivity contribution in [1.29, 1.82) is 0 Å². The van der Waals surface area contributed by atoms with Gasteiger partial charge < -0.3 is 0 Å². The minimum atomic E-state index is 0.431. The molecule has 6 rings (SSSR count). The predicted octanol–water partition coefficient (Wildman–Crippen LogP) is 2.60. The molecule has 4 bridgehead atoms. The van der Waals surface area contributed by atoms with Crippen LogP contribution in [0.2, 0.25) is 0 Å². The standard InChI is InChI=1S/C10H16S/c1-5-6-3-7(5)9-4-8(6)10(9,2)11/h5-9,11H,3-4H2,1-2H3/t5?,6-,7?,8?,9?,10?/m0/s1. The summed E-state index contributed by atoms with van der Waals surface area (Å²) in [6.45, 7) is 4.81. The van der Waals surface area contributed by atoms with Crippen LogP contribution in [0, 0.1) is 29.6 Å². The quantitative estimate of drug-likeness (QED) is 0.528. The van der Waals surface area contributed by atoms with E-state index in [1.807, 2.05) is 0 Å². The van der Waals surface area contributed by atoms with Crippen LogP contribution in [0.3, 0.4) is 0 Å². The highest BCUT2D eigenvalue weighted by atomic mass is 32.1. The number of thiol groups is 1. The summed E-state index contributed by atoms with van der Waals surface area (Å²) in [7, 11) is 0. The molecule has 0 nitrogen and oxygen atoms in total. The number of hydrogen-bond acceptors (Lipinski definition) is 1. The maximum absolute atomic E-state index is 4.79. The maximum Gasteiger partial charge on any atom is 0.0163 e. The third kappa shape index (κ3) is 0.546. The first-order valence-electron chi connectivity index (χ1n) is 4.84. The predicted molar refractivity (Wildman–Crippen MR) is 49.7 cm³/mol. The zero-order valence-electron chi connectivity index (χ0n) is 7.25. The van der Waals surface area contributed by atoms with Crippen LogP contribution in [0.15, 0.2) is 0 Å². The van der Waals surface area contributed by atoms with Crippen molar-refractivity contribution in [1.82, 2.24) is 0 Å². The molecule has 0 aliphatic heterocycles. The first-order chi connectivity index (χ1) is 5.12. The molecule has 0 N–H and O–H groups in total. The summed E-state index contributed by atoms with van der Waals surface area (Å²) in [5.41, 5.74) is 0. The van der Waals surface area contributed by atoms with Gasteiger partial charge in [-0.05, 0) is 42.4 Å². The molecule has 0 radical (unpaired) electrons. The van der Waals surface area contributed by atoms with Gasteiger partial charge in [0.2, 0.25) is 0 Å². The van der Waals surface area contributed by atoms with Crippen molar-refractivity contribution >= 4 is 12.6 Å². The molecule has 6 atom stereocenters. The van der Waals surface area contributed by atoms with Gasteiger partial charge in [-0.25, -0.2) is 0 Å². The lowest BCUT2D eigenvalue weighted by Crippen LogP contribution is -2.69. The Morgan fingerprint density at radius 3 is 2.00 bits per heavy atom. The van der Waals surface area contributed by atoms with E-state index in [2.05, 4.69) is 13.8 Å². The van der Waals surface area contributed by atoms with Gasteiger partial charge >= 0.3 is 0 Å². The Balaban J connectivity index is 1.95. The third-order valence-electron chi connectivity index (χ3n) is 4.94. The molecule has 0 aromatic heterocycles. The molecule has 0 aromatic rings. The molecular weight excluding hydrogens is 152 g/mol. The Bertz CT molecular complexity index is 191. The fourth-order valence-corrected chi connectivity index (χ4v) is 4.60. The largest absolute Gasteiger partial charge is 0.172 e. The topological polar surface area (TPSA) is 0 Å². The first kappa shape index (κ1) is 6.82. The van der Waals surface area contributed by atoms with Gasteiger partial charge in [0.05, 0.1) is 0 Å². The minimum absolute atomic E-state index is 0.431. The molecule has 0 spiro atoms. The molecule has 11 heavy (non-hydrogen) atoms. The average molecular weight is 168 g/mol. The molecule has 6 saturated carbocycles. The van der Waals surface area contributed by atoms with E-state index < -0.39 is 0 Å². The van der Waals surface area contributed by atoms with Crippen LogP contribution < -0.4 is 0 Å². The van der Waals surface area contributed by atoms with Crippen LogP contribution in [0.1, 0.15) is 26.7 Å². The molecule has 6 aliphatic rings. The Morgan fingerprint density at radius 1 is 1.18 bits per heavy atom. The molecule has 0 saturated heterocycles. The van der Waals surface area contributed by atoms with Gasteiger partial charge in [-0.15, -0.1) is 0 Å². The number of hydrogen-bond donors (Lipinski definition) is 1. The van der Waals surface area contributed by atoms with Crippen LogP contribution in [0.25, 0.3) is 0 Å². The Kier molecular flexibility index (Phi) is 1.03. The van der Waals surface area contributed by atoms with Gasteiger partial charge in [0, 0.05) is 4.75 Å². The highest BCUT2D eigenvalue weighted by Crippen LogP contribution is 2.71. The Labute approximate surface area is 74.2 Å². The number of rotatable bonds is 0. The lowest BCUT2D eigenvalue weighted by Gasteiger charge is -2.72. The van der Waals surface area contributed by atoms with Gasteiger partial charge in [0.25, 0.3) is 0 Å². The summed E-state index contributed by atoms with van der Waals surface area (Å²) in [6.07, 6.45) is 3.03. The van der Waals surface area contributed by atoms with Gasteiger partial charge in [0.1, 0.15) is 0 Å². The molecule has 6 aliphatic carbocycles. The fourth-order valence-electron chi connectivity index (χ4n) is 4.01. The van der Waals surface area contributed by atoms with Crippen LogP contribution in [-0.2, 0) is 0 Å². The second-order valence-corrected chi connectivity index (χ2v) is 6.06.